The molecule has 1 amide bonds. The van der Waals surface area contributed by atoms with E-state index < -0.39 is 5.91 Å². The topological polar surface area (TPSA) is 92.5 Å². The Bertz CT molecular complexity index is 1050. The maximum Gasteiger partial charge on any atom is 0.252 e. The Labute approximate surface area is 182 Å². The fourth-order valence-electron chi connectivity index (χ4n) is 3.61. The Balaban J connectivity index is 1.48. The van der Waals surface area contributed by atoms with E-state index in [0.717, 1.165) is 37.6 Å². The van der Waals surface area contributed by atoms with Crippen molar-refractivity contribution < 1.29 is 9.53 Å². The molecule has 2 aromatic carbocycles. The van der Waals surface area contributed by atoms with Crippen LogP contribution in [0.15, 0.2) is 60.8 Å². The van der Waals surface area contributed by atoms with Gasteiger partial charge in [0, 0.05) is 43.3 Å². The Morgan fingerprint density at radius 1 is 1.13 bits per heavy atom. The molecule has 4 rings (SSSR count). The molecule has 0 saturated carbocycles. The van der Waals surface area contributed by atoms with Crippen LogP contribution >= 0.6 is 0 Å². The van der Waals surface area contributed by atoms with Crippen molar-refractivity contribution >= 4 is 28.8 Å². The summed E-state index contributed by atoms with van der Waals surface area (Å²) in [7, 11) is 0. The van der Waals surface area contributed by atoms with Crippen LogP contribution in [-0.2, 0) is 11.3 Å². The highest BCUT2D eigenvalue weighted by molar-refractivity contribution is 5.98. The fourth-order valence-corrected chi connectivity index (χ4v) is 3.61. The minimum atomic E-state index is -0.513. The first-order valence-corrected chi connectivity index (χ1v) is 10.4. The van der Waals surface area contributed by atoms with Gasteiger partial charge >= 0.3 is 0 Å². The van der Waals surface area contributed by atoms with E-state index in [1.54, 1.807) is 0 Å². The van der Waals surface area contributed by atoms with Crippen LogP contribution in [0.25, 0.3) is 0 Å². The minimum absolute atomic E-state index is 0.362. The van der Waals surface area contributed by atoms with Crippen LogP contribution in [0, 0.1) is 6.92 Å². The van der Waals surface area contributed by atoms with E-state index >= 15 is 0 Å². The number of nitrogens with one attached hydrogen (secondary N) is 2. The highest BCUT2D eigenvalue weighted by Gasteiger charge is 2.12. The van der Waals surface area contributed by atoms with Gasteiger partial charge < -0.3 is 26.0 Å². The van der Waals surface area contributed by atoms with Gasteiger partial charge in [-0.25, -0.2) is 4.98 Å². The number of aryl methyl sites for hydroxylation is 1. The summed E-state index contributed by atoms with van der Waals surface area (Å²) >= 11 is 0. The van der Waals surface area contributed by atoms with Gasteiger partial charge in [0.05, 0.1) is 24.5 Å². The van der Waals surface area contributed by atoms with E-state index in [-0.39, 0.29) is 0 Å². The first-order valence-electron chi connectivity index (χ1n) is 10.4. The van der Waals surface area contributed by atoms with E-state index in [1.807, 2.05) is 30.3 Å². The van der Waals surface area contributed by atoms with Crippen LogP contribution < -0.4 is 21.3 Å². The summed E-state index contributed by atoms with van der Waals surface area (Å²) in [4.78, 5) is 18.5. The third kappa shape index (κ3) is 5.32. The van der Waals surface area contributed by atoms with Crippen LogP contribution in [0.5, 0.6) is 0 Å². The number of carbonyl (C=O) groups excluding carboxylic acids is 1. The summed E-state index contributed by atoms with van der Waals surface area (Å²) in [5.74, 6) is 0.122. The summed E-state index contributed by atoms with van der Waals surface area (Å²) in [6.45, 7) is 5.96. The Hall–Kier alpha value is -3.58. The van der Waals surface area contributed by atoms with Crippen LogP contribution in [0.1, 0.15) is 21.5 Å². The summed E-state index contributed by atoms with van der Waals surface area (Å²) in [6, 6.07) is 18.2. The van der Waals surface area contributed by atoms with Crippen molar-refractivity contribution in [3.8, 4) is 0 Å². The second-order valence-corrected chi connectivity index (χ2v) is 7.59. The summed E-state index contributed by atoms with van der Waals surface area (Å²) in [6.07, 6.45) is 1.51. The minimum Gasteiger partial charge on any atom is -0.380 e. The number of morpholine rings is 1. The van der Waals surface area contributed by atoms with Gasteiger partial charge in [-0.2, -0.15) is 0 Å². The zero-order chi connectivity index (χ0) is 21.6. The number of ether oxygens (including phenoxy) is 1. The van der Waals surface area contributed by atoms with Gasteiger partial charge in [0.15, 0.2) is 0 Å². The molecular formula is C24H27N5O2. The maximum atomic E-state index is 11.9. The molecule has 0 unspecified atom stereocenters. The summed E-state index contributed by atoms with van der Waals surface area (Å²) in [5.41, 5.74) is 11.0. The third-order valence-corrected chi connectivity index (χ3v) is 5.25. The van der Waals surface area contributed by atoms with Crippen LogP contribution in [0.2, 0.25) is 0 Å². The molecule has 1 aliphatic rings. The number of anilines is 4. The number of benzene rings is 2. The second kappa shape index (κ2) is 9.49. The molecule has 2 heterocycles. The molecule has 4 N–H and O–H groups in total. The molecule has 0 bridgehead atoms. The van der Waals surface area contributed by atoms with Gasteiger partial charge in [0.25, 0.3) is 5.91 Å². The van der Waals surface area contributed by atoms with Crippen molar-refractivity contribution in [2.75, 3.05) is 41.8 Å². The molecule has 7 nitrogen and oxygen atoms in total. The number of nitrogens with zero attached hydrogens (tertiary/aromatic N) is 2. The fraction of sp³-hybridized carbons (Fsp3) is 0.250. The van der Waals surface area contributed by atoms with E-state index in [9.17, 15) is 4.79 Å². The standard InChI is InChI=1S/C24H27N5O2/c1-17-3-2-4-18(13-17)15-26-22-14-23(27-16-21(22)24(25)30)28-19-5-7-20(8-6-19)29-9-11-31-12-10-29/h2-8,13-14,16H,9-12,15H2,1H3,(H2,25,30)(H2,26,27,28). The van der Waals surface area contributed by atoms with E-state index in [4.69, 9.17) is 10.5 Å². The number of hydrogen-bond acceptors (Lipinski definition) is 6. The lowest BCUT2D eigenvalue weighted by molar-refractivity contribution is 0.100. The van der Waals surface area contributed by atoms with Crippen molar-refractivity contribution in [3.05, 3.63) is 77.5 Å². The van der Waals surface area contributed by atoms with E-state index in [1.165, 1.54) is 17.4 Å². The van der Waals surface area contributed by atoms with Gasteiger partial charge in [-0.1, -0.05) is 29.8 Å². The molecule has 0 atom stereocenters. The first-order chi connectivity index (χ1) is 15.1. The van der Waals surface area contributed by atoms with Crippen LogP contribution in [0.4, 0.5) is 22.9 Å². The zero-order valence-corrected chi connectivity index (χ0v) is 17.6. The number of nitrogens with two attached hydrogens (primary N) is 1. The average molecular weight is 418 g/mol. The lowest BCUT2D eigenvalue weighted by Crippen LogP contribution is -2.36. The Kier molecular flexibility index (Phi) is 6.33. The molecule has 1 fully saturated rings. The first kappa shape index (κ1) is 20.7. The normalized spacial score (nSPS) is 13.6. The largest absolute Gasteiger partial charge is 0.380 e. The van der Waals surface area contributed by atoms with Crippen LogP contribution in [-0.4, -0.2) is 37.2 Å². The SMILES string of the molecule is Cc1cccc(CNc2cc(Nc3ccc(N4CCOCC4)cc3)ncc2C(N)=O)c1. The molecule has 3 aromatic rings. The highest BCUT2D eigenvalue weighted by atomic mass is 16.5. The van der Waals surface area contributed by atoms with Crippen LogP contribution in [0.3, 0.4) is 0 Å². The number of amides is 1. The predicted octanol–water partition coefficient (Wildman–Crippen LogP) is 3.68. The van der Waals surface area contributed by atoms with Gasteiger partial charge in [0.2, 0.25) is 0 Å². The number of hydrogen-bond donors (Lipinski definition) is 3. The van der Waals surface area contributed by atoms with Gasteiger partial charge in [0.1, 0.15) is 5.82 Å². The van der Waals surface area contributed by atoms with Gasteiger partial charge in [-0.15, -0.1) is 0 Å². The van der Waals surface area contributed by atoms with Crippen molar-refractivity contribution in [1.29, 1.82) is 0 Å². The molecule has 1 aliphatic heterocycles. The average Bonchev–Trinajstić information content (AvgIpc) is 2.79. The van der Waals surface area contributed by atoms with Crippen molar-refractivity contribution in [3.63, 3.8) is 0 Å². The van der Waals surface area contributed by atoms with E-state index in [0.29, 0.717) is 23.6 Å². The number of primary amides is 1. The smallest absolute Gasteiger partial charge is 0.252 e. The second-order valence-electron chi connectivity index (χ2n) is 7.59. The number of carbonyl (C=O) groups is 1. The molecule has 31 heavy (non-hydrogen) atoms. The lowest BCUT2D eigenvalue weighted by atomic mass is 10.1. The lowest BCUT2D eigenvalue weighted by Gasteiger charge is -2.28. The maximum absolute atomic E-state index is 11.9. The van der Waals surface area contributed by atoms with Gasteiger partial charge in [-0.05, 0) is 36.8 Å². The molecule has 0 aliphatic carbocycles. The third-order valence-electron chi connectivity index (χ3n) is 5.25. The molecule has 160 valence electrons. The van der Waals surface area contributed by atoms with Crippen molar-refractivity contribution in [2.45, 2.75) is 13.5 Å². The highest BCUT2D eigenvalue weighted by Crippen LogP contribution is 2.24. The number of pyridine rings is 1. The van der Waals surface area contributed by atoms with Gasteiger partial charge in [-0.3, -0.25) is 4.79 Å². The van der Waals surface area contributed by atoms with E-state index in [2.05, 4.69) is 51.7 Å². The molecular weight excluding hydrogens is 390 g/mol. The van der Waals surface area contributed by atoms with Crippen molar-refractivity contribution in [2.24, 2.45) is 5.73 Å². The van der Waals surface area contributed by atoms with Crippen molar-refractivity contribution in [1.82, 2.24) is 4.98 Å². The quantitative estimate of drug-likeness (QED) is 0.543. The molecule has 1 saturated heterocycles. The molecule has 0 spiro atoms. The summed E-state index contributed by atoms with van der Waals surface area (Å²) in [5, 5.41) is 6.62. The number of aromatic nitrogens is 1. The molecule has 0 radical (unpaired) electrons. The Morgan fingerprint density at radius 2 is 1.90 bits per heavy atom. The summed E-state index contributed by atoms with van der Waals surface area (Å²) < 4.78 is 5.41. The molecule has 7 heteroatoms. The predicted molar refractivity (Wildman–Crippen MR) is 124 cm³/mol. The Morgan fingerprint density at radius 3 is 2.61 bits per heavy atom. The monoisotopic (exact) mass is 417 g/mol. The molecule has 1 aromatic heterocycles. The number of rotatable bonds is 7. The zero-order valence-electron chi connectivity index (χ0n) is 17.6.